The first kappa shape index (κ1) is 14.5. The van der Waals surface area contributed by atoms with E-state index in [4.69, 9.17) is 0 Å². The minimum Gasteiger partial charge on any atom is -0.294 e. The van der Waals surface area contributed by atoms with Gasteiger partial charge in [-0.2, -0.15) is 10.5 Å². The van der Waals surface area contributed by atoms with Gasteiger partial charge in [0, 0.05) is 11.5 Å². The number of nitrogens with zero attached hydrogens (tertiary/aromatic N) is 2. The summed E-state index contributed by atoms with van der Waals surface area (Å²) in [5.74, 6) is 0.226. The lowest BCUT2D eigenvalue weighted by Gasteiger charge is -2.17. The lowest BCUT2D eigenvalue weighted by Crippen LogP contribution is -2.15. The lowest BCUT2D eigenvalue weighted by molar-refractivity contribution is -0.118. The van der Waals surface area contributed by atoms with Crippen molar-refractivity contribution in [1.29, 1.82) is 10.5 Å². The average Bonchev–Trinajstić information content (AvgIpc) is 2.78. The van der Waals surface area contributed by atoms with Gasteiger partial charge >= 0.3 is 0 Å². The van der Waals surface area contributed by atoms with Crippen LogP contribution in [0.25, 0.3) is 0 Å². The Bertz CT molecular complexity index is 526. The third-order valence-electron chi connectivity index (χ3n) is 4.56. The Morgan fingerprint density at radius 3 is 2.15 bits per heavy atom. The summed E-state index contributed by atoms with van der Waals surface area (Å²) < 4.78 is 0. The van der Waals surface area contributed by atoms with Crippen LogP contribution in [0.15, 0.2) is 22.8 Å². The van der Waals surface area contributed by atoms with Crippen molar-refractivity contribution in [3.05, 3.63) is 22.8 Å². The van der Waals surface area contributed by atoms with E-state index in [0.29, 0.717) is 5.57 Å². The van der Waals surface area contributed by atoms with Crippen molar-refractivity contribution in [3.8, 4) is 12.1 Å². The number of nitriles is 2. The largest absolute Gasteiger partial charge is 0.294 e. The van der Waals surface area contributed by atoms with Gasteiger partial charge in [0.05, 0.1) is 0 Å². The zero-order valence-electron chi connectivity index (χ0n) is 12.0. The molecular formula is C17H20N2O. The van der Waals surface area contributed by atoms with Crippen molar-refractivity contribution in [2.24, 2.45) is 11.8 Å². The number of allylic oxidation sites excluding steroid dienone is 4. The molecule has 20 heavy (non-hydrogen) atoms. The molecule has 2 saturated carbocycles. The second kappa shape index (κ2) is 6.53. The minimum absolute atomic E-state index is 0.00833. The molecule has 2 atom stereocenters. The van der Waals surface area contributed by atoms with E-state index in [1.54, 1.807) is 6.08 Å². The summed E-state index contributed by atoms with van der Waals surface area (Å²) in [6.07, 6.45) is 9.36. The maximum Gasteiger partial charge on any atom is 0.166 e. The molecule has 104 valence electrons. The molecule has 0 N–H and O–H groups in total. The van der Waals surface area contributed by atoms with Crippen molar-refractivity contribution in [3.63, 3.8) is 0 Å². The molecule has 2 aliphatic carbocycles. The molecule has 0 amide bonds. The Hall–Kier alpha value is -1.87. The predicted octanol–water partition coefficient (Wildman–Crippen LogP) is 3.84. The van der Waals surface area contributed by atoms with E-state index >= 15 is 0 Å². The van der Waals surface area contributed by atoms with Crippen LogP contribution in [-0.2, 0) is 4.79 Å². The van der Waals surface area contributed by atoms with Gasteiger partial charge in [-0.05, 0) is 31.3 Å². The Kier molecular flexibility index (Phi) is 4.74. The standard InChI is InChI=1S/C17H20N2O/c1-2-13-16(12(10-18)11-19)14-8-6-4-3-5-7-9-15(14)17(13)20/h2,14-15H,3-9H2,1H3/b13-2-. The maximum atomic E-state index is 12.6. The molecule has 2 rings (SSSR count). The van der Waals surface area contributed by atoms with Gasteiger partial charge in [0.25, 0.3) is 0 Å². The van der Waals surface area contributed by atoms with Gasteiger partial charge in [-0.25, -0.2) is 0 Å². The maximum absolute atomic E-state index is 12.6. The molecule has 0 heterocycles. The Balaban J connectivity index is 2.49. The summed E-state index contributed by atoms with van der Waals surface area (Å²) in [4.78, 5) is 12.6. The third kappa shape index (κ3) is 2.54. The molecule has 0 aromatic carbocycles. The fourth-order valence-electron chi connectivity index (χ4n) is 3.62. The van der Waals surface area contributed by atoms with E-state index in [1.165, 1.54) is 19.3 Å². The van der Waals surface area contributed by atoms with E-state index in [-0.39, 0.29) is 23.2 Å². The topological polar surface area (TPSA) is 64.7 Å². The van der Waals surface area contributed by atoms with Crippen LogP contribution in [0.3, 0.4) is 0 Å². The monoisotopic (exact) mass is 268 g/mol. The fraction of sp³-hybridized carbons (Fsp3) is 0.588. The molecule has 0 aromatic rings. The van der Waals surface area contributed by atoms with Gasteiger partial charge in [-0.1, -0.05) is 38.2 Å². The summed E-state index contributed by atoms with van der Waals surface area (Å²) in [7, 11) is 0. The molecule has 3 nitrogen and oxygen atoms in total. The summed E-state index contributed by atoms with van der Waals surface area (Å²) in [5.41, 5.74) is 1.49. The predicted molar refractivity (Wildman–Crippen MR) is 76.3 cm³/mol. The van der Waals surface area contributed by atoms with Crippen molar-refractivity contribution >= 4 is 5.78 Å². The van der Waals surface area contributed by atoms with Crippen LogP contribution in [-0.4, -0.2) is 5.78 Å². The Morgan fingerprint density at radius 1 is 1.05 bits per heavy atom. The molecule has 3 heteroatoms. The molecule has 2 aliphatic rings. The van der Waals surface area contributed by atoms with Gasteiger partial charge in [0.15, 0.2) is 5.78 Å². The van der Waals surface area contributed by atoms with Crippen LogP contribution in [0.1, 0.15) is 51.9 Å². The summed E-state index contributed by atoms with van der Waals surface area (Å²) in [6.45, 7) is 1.82. The SMILES string of the molecule is C/C=C1\C(=O)C2CCCCCCCC2C1=C(C#N)C#N. The number of carbonyl (C=O) groups is 1. The number of carbonyl (C=O) groups excluding carboxylic acids is 1. The van der Waals surface area contributed by atoms with E-state index in [2.05, 4.69) is 0 Å². The molecule has 0 bridgehead atoms. The average molecular weight is 268 g/mol. The Morgan fingerprint density at radius 2 is 1.60 bits per heavy atom. The number of hydrogen-bond acceptors (Lipinski definition) is 3. The first-order chi connectivity index (χ1) is 9.74. The number of ketones is 1. The number of fused-ring (bicyclic) bond motifs is 1. The lowest BCUT2D eigenvalue weighted by atomic mass is 9.84. The number of hydrogen-bond donors (Lipinski definition) is 0. The molecule has 2 fully saturated rings. The van der Waals surface area contributed by atoms with Crippen molar-refractivity contribution in [2.75, 3.05) is 0 Å². The van der Waals surface area contributed by atoms with E-state index in [9.17, 15) is 15.3 Å². The van der Waals surface area contributed by atoms with E-state index in [0.717, 1.165) is 31.3 Å². The highest BCUT2D eigenvalue weighted by Crippen LogP contribution is 2.45. The second-order valence-electron chi connectivity index (χ2n) is 5.64. The van der Waals surface area contributed by atoms with Crippen LogP contribution in [0, 0.1) is 34.5 Å². The summed E-state index contributed by atoms with van der Waals surface area (Å²) >= 11 is 0. The molecule has 0 spiro atoms. The summed E-state index contributed by atoms with van der Waals surface area (Å²) in [6, 6.07) is 3.98. The first-order valence-electron chi connectivity index (χ1n) is 7.49. The smallest absolute Gasteiger partial charge is 0.166 e. The van der Waals surface area contributed by atoms with Crippen LogP contribution < -0.4 is 0 Å². The van der Waals surface area contributed by atoms with Crippen LogP contribution in [0.4, 0.5) is 0 Å². The molecule has 0 radical (unpaired) electrons. The highest BCUT2D eigenvalue weighted by atomic mass is 16.1. The van der Waals surface area contributed by atoms with Crippen molar-refractivity contribution in [1.82, 2.24) is 0 Å². The highest BCUT2D eigenvalue weighted by molar-refractivity contribution is 6.05. The number of Topliss-reactive ketones (excluding diaryl/α,β-unsaturated/α-hetero) is 1. The minimum atomic E-state index is -0.00833. The molecule has 0 aromatic heterocycles. The van der Waals surface area contributed by atoms with Crippen LogP contribution in [0.2, 0.25) is 0 Å². The van der Waals surface area contributed by atoms with Gasteiger partial charge in [0.2, 0.25) is 0 Å². The molecule has 0 saturated heterocycles. The van der Waals surface area contributed by atoms with Gasteiger partial charge in [0.1, 0.15) is 17.7 Å². The van der Waals surface area contributed by atoms with E-state index in [1.807, 2.05) is 19.1 Å². The Labute approximate surface area is 120 Å². The zero-order valence-corrected chi connectivity index (χ0v) is 12.0. The van der Waals surface area contributed by atoms with Crippen LogP contribution >= 0.6 is 0 Å². The number of rotatable bonds is 0. The molecule has 2 unspecified atom stereocenters. The normalized spacial score (nSPS) is 28.9. The van der Waals surface area contributed by atoms with Gasteiger partial charge in [-0.3, -0.25) is 4.79 Å². The van der Waals surface area contributed by atoms with Crippen LogP contribution in [0.5, 0.6) is 0 Å². The zero-order chi connectivity index (χ0) is 14.5. The quantitative estimate of drug-likeness (QED) is 0.495. The fourth-order valence-corrected chi connectivity index (χ4v) is 3.62. The summed E-state index contributed by atoms with van der Waals surface area (Å²) in [5, 5.41) is 18.4. The second-order valence-corrected chi connectivity index (χ2v) is 5.64. The molecular weight excluding hydrogens is 248 g/mol. The first-order valence-corrected chi connectivity index (χ1v) is 7.49. The molecule has 0 aliphatic heterocycles. The van der Waals surface area contributed by atoms with Gasteiger partial charge < -0.3 is 0 Å². The van der Waals surface area contributed by atoms with Crippen molar-refractivity contribution < 1.29 is 4.79 Å². The highest BCUT2D eigenvalue weighted by Gasteiger charge is 2.42. The van der Waals surface area contributed by atoms with E-state index < -0.39 is 0 Å². The van der Waals surface area contributed by atoms with Gasteiger partial charge in [-0.15, -0.1) is 0 Å². The van der Waals surface area contributed by atoms with Crippen molar-refractivity contribution in [2.45, 2.75) is 51.9 Å². The third-order valence-corrected chi connectivity index (χ3v) is 4.56.